The summed E-state index contributed by atoms with van der Waals surface area (Å²) in [6.45, 7) is 0.582. The van der Waals surface area contributed by atoms with Crippen LogP contribution in [0.5, 0.6) is 0 Å². The van der Waals surface area contributed by atoms with Gasteiger partial charge in [-0.1, -0.05) is 11.3 Å². The molecule has 3 rings (SSSR count). The molecule has 3 N–H and O–H groups in total. The molecule has 0 fully saturated rings. The minimum atomic E-state index is -4.43. The molecule has 0 unspecified atom stereocenters. The molecular formula is C15H13F3N4O2S. The first-order valence-corrected chi connectivity index (χ1v) is 8.18. The van der Waals surface area contributed by atoms with E-state index in [4.69, 9.17) is 0 Å². The number of nitrogens with one attached hydrogen (secondary N) is 3. The first-order chi connectivity index (χ1) is 11.8. The number of anilines is 2. The van der Waals surface area contributed by atoms with Crippen molar-refractivity contribution in [3.8, 4) is 0 Å². The van der Waals surface area contributed by atoms with Crippen molar-refractivity contribution in [2.24, 2.45) is 0 Å². The lowest BCUT2D eigenvalue weighted by Gasteiger charge is -2.08. The highest BCUT2D eigenvalue weighted by molar-refractivity contribution is 7.17. The van der Waals surface area contributed by atoms with E-state index in [1.54, 1.807) is 0 Å². The normalized spacial score (nSPS) is 14.3. The van der Waals surface area contributed by atoms with Crippen LogP contribution in [0.3, 0.4) is 0 Å². The third-order valence-corrected chi connectivity index (χ3v) is 4.48. The average Bonchev–Trinajstić information content (AvgIpc) is 2.85. The zero-order chi connectivity index (χ0) is 18.0. The number of rotatable bonds is 2. The summed E-state index contributed by atoms with van der Waals surface area (Å²) in [4.78, 5) is 28.5. The maximum Gasteiger partial charge on any atom is 0.416 e. The number of amides is 3. The Balaban J connectivity index is 1.65. The summed E-state index contributed by atoms with van der Waals surface area (Å²) in [6.07, 6.45) is -3.04. The van der Waals surface area contributed by atoms with E-state index >= 15 is 0 Å². The smallest absolute Gasteiger partial charge is 0.351 e. The van der Waals surface area contributed by atoms with Crippen molar-refractivity contribution in [1.29, 1.82) is 0 Å². The second-order valence-electron chi connectivity index (χ2n) is 5.31. The van der Waals surface area contributed by atoms with Crippen molar-refractivity contribution < 1.29 is 22.8 Å². The summed E-state index contributed by atoms with van der Waals surface area (Å²) in [6, 6.07) is 3.43. The van der Waals surface area contributed by atoms with Crippen molar-refractivity contribution in [1.82, 2.24) is 10.3 Å². The van der Waals surface area contributed by atoms with Gasteiger partial charge in [0.05, 0.1) is 11.3 Å². The van der Waals surface area contributed by atoms with E-state index in [2.05, 4.69) is 20.9 Å². The fourth-order valence-electron chi connectivity index (χ4n) is 2.29. The zero-order valence-corrected chi connectivity index (χ0v) is 13.6. The van der Waals surface area contributed by atoms with Gasteiger partial charge in [-0.05, 0) is 37.1 Å². The number of hydrogen-bond acceptors (Lipinski definition) is 4. The van der Waals surface area contributed by atoms with Gasteiger partial charge in [-0.25, -0.2) is 9.78 Å². The van der Waals surface area contributed by atoms with Gasteiger partial charge in [0.2, 0.25) is 0 Å². The lowest BCUT2D eigenvalue weighted by atomic mass is 10.2. The van der Waals surface area contributed by atoms with E-state index in [0.717, 1.165) is 42.0 Å². The van der Waals surface area contributed by atoms with Crippen molar-refractivity contribution in [3.63, 3.8) is 0 Å². The molecule has 0 spiro atoms. The SMILES string of the molecule is O=C(Nc1ccc(C(F)(F)F)cc1)Nc1nc2c(s1)C(=O)NCCC2. The van der Waals surface area contributed by atoms with Gasteiger partial charge < -0.3 is 10.6 Å². The molecule has 2 heterocycles. The molecule has 6 nitrogen and oxygen atoms in total. The number of halogens is 3. The second kappa shape index (κ2) is 6.71. The number of benzene rings is 1. The summed E-state index contributed by atoms with van der Waals surface area (Å²) >= 11 is 1.06. The van der Waals surface area contributed by atoms with Crippen LogP contribution in [0.25, 0.3) is 0 Å². The first kappa shape index (κ1) is 17.2. The Morgan fingerprint density at radius 1 is 1.20 bits per heavy atom. The molecule has 3 amide bonds. The summed E-state index contributed by atoms with van der Waals surface area (Å²) in [5, 5.41) is 7.90. The van der Waals surface area contributed by atoms with Crippen LogP contribution in [0.1, 0.15) is 27.3 Å². The molecule has 1 aromatic carbocycles. The molecule has 0 aliphatic carbocycles. The molecule has 1 aliphatic rings. The molecule has 0 radical (unpaired) electrons. The van der Waals surface area contributed by atoms with E-state index in [0.29, 0.717) is 23.5 Å². The number of carbonyl (C=O) groups is 2. The molecule has 0 atom stereocenters. The minimum Gasteiger partial charge on any atom is -0.351 e. The Labute approximate surface area is 144 Å². The average molecular weight is 370 g/mol. The number of urea groups is 1. The van der Waals surface area contributed by atoms with Gasteiger partial charge in [-0.15, -0.1) is 0 Å². The van der Waals surface area contributed by atoms with Crippen LogP contribution < -0.4 is 16.0 Å². The highest BCUT2D eigenvalue weighted by Gasteiger charge is 2.30. The first-order valence-electron chi connectivity index (χ1n) is 7.36. The number of thiazole rings is 1. The Bertz CT molecular complexity index is 802. The van der Waals surface area contributed by atoms with Crippen LogP contribution in [0, 0.1) is 0 Å². The molecule has 1 aromatic heterocycles. The molecule has 2 aromatic rings. The third-order valence-electron chi connectivity index (χ3n) is 3.47. The van der Waals surface area contributed by atoms with Gasteiger partial charge in [0, 0.05) is 12.2 Å². The molecule has 0 bridgehead atoms. The summed E-state index contributed by atoms with van der Waals surface area (Å²) < 4.78 is 37.5. The quantitative estimate of drug-likeness (QED) is 0.757. The van der Waals surface area contributed by atoms with Crippen LogP contribution in [0.4, 0.5) is 28.8 Å². The number of aromatic nitrogens is 1. The van der Waals surface area contributed by atoms with Crippen molar-refractivity contribution in [2.75, 3.05) is 17.2 Å². The number of aryl methyl sites for hydroxylation is 1. The van der Waals surface area contributed by atoms with E-state index < -0.39 is 17.8 Å². The molecule has 25 heavy (non-hydrogen) atoms. The van der Waals surface area contributed by atoms with E-state index in [1.165, 1.54) is 0 Å². The lowest BCUT2D eigenvalue weighted by molar-refractivity contribution is -0.137. The monoisotopic (exact) mass is 370 g/mol. The molecular weight excluding hydrogens is 357 g/mol. The standard InChI is InChI=1S/C15H13F3N4O2S/c16-15(17,18)8-3-5-9(6-4-8)20-13(24)22-14-21-10-2-1-7-19-12(23)11(10)25-14/h3-6H,1-2,7H2,(H,19,23)(H2,20,21,22,24). The number of hydrogen-bond donors (Lipinski definition) is 3. The van der Waals surface area contributed by atoms with Crippen LogP contribution >= 0.6 is 11.3 Å². The predicted octanol–water partition coefficient (Wildman–Crippen LogP) is 3.48. The largest absolute Gasteiger partial charge is 0.416 e. The van der Waals surface area contributed by atoms with E-state index in [1.807, 2.05) is 0 Å². The summed E-state index contributed by atoms with van der Waals surface area (Å²) in [5.41, 5.74) is 0.0410. The second-order valence-corrected chi connectivity index (χ2v) is 6.31. The Hall–Kier alpha value is -2.62. The maximum absolute atomic E-state index is 12.5. The predicted molar refractivity (Wildman–Crippen MR) is 86.9 cm³/mol. The van der Waals surface area contributed by atoms with Crippen molar-refractivity contribution in [2.45, 2.75) is 19.0 Å². The highest BCUT2D eigenvalue weighted by atomic mass is 32.1. The van der Waals surface area contributed by atoms with Crippen LogP contribution in [0.15, 0.2) is 24.3 Å². The Kier molecular flexibility index (Phi) is 4.62. The van der Waals surface area contributed by atoms with Crippen molar-refractivity contribution >= 4 is 34.1 Å². The highest BCUT2D eigenvalue weighted by Crippen LogP contribution is 2.30. The maximum atomic E-state index is 12.5. The Morgan fingerprint density at radius 2 is 1.92 bits per heavy atom. The minimum absolute atomic E-state index is 0.210. The number of carbonyl (C=O) groups excluding carboxylic acids is 2. The Morgan fingerprint density at radius 3 is 2.60 bits per heavy atom. The molecule has 132 valence electrons. The van der Waals surface area contributed by atoms with Crippen molar-refractivity contribution in [3.05, 3.63) is 40.4 Å². The van der Waals surface area contributed by atoms with Gasteiger partial charge in [-0.2, -0.15) is 13.2 Å². The number of nitrogens with zero attached hydrogens (tertiary/aromatic N) is 1. The fourth-order valence-corrected chi connectivity index (χ4v) is 3.22. The van der Waals surface area contributed by atoms with Gasteiger partial charge in [0.25, 0.3) is 5.91 Å². The molecule has 10 heteroatoms. The van der Waals surface area contributed by atoms with Crippen LogP contribution in [-0.4, -0.2) is 23.5 Å². The van der Waals surface area contributed by atoms with E-state index in [9.17, 15) is 22.8 Å². The summed E-state index contributed by atoms with van der Waals surface area (Å²) in [7, 11) is 0. The van der Waals surface area contributed by atoms with Gasteiger partial charge in [0.15, 0.2) is 5.13 Å². The number of alkyl halides is 3. The van der Waals surface area contributed by atoms with Gasteiger partial charge in [-0.3, -0.25) is 10.1 Å². The van der Waals surface area contributed by atoms with E-state index in [-0.39, 0.29) is 16.7 Å². The molecule has 1 aliphatic heterocycles. The molecule has 0 saturated carbocycles. The summed E-state index contributed by atoms with van der Waals surface area (Å²) in [5.74, 6) is -0.221. The number of fused-ring (bicyclic) bond motifs is 1. The molecule has 0 saturated heterocycles. The third kappa shape index (κ3) is 4.08. The van der Waals surface area contributed by atoms with Gasteiger partial charge >= 0.3 is 12.2 Å². The van der Waals surface area contributed by atoms with Gasteiger partial charge in [0.1, 0.15) is 4.88 Å². The van der Waals surface area contributed by atoms with Crippen LogP contribution in [0.2, 0.25) is 0 Å². The van der Waals surface area contributed by atoms with Crippen LogP contribution in [-0.2, 0) is 12.6 Å². The zero-order valence-electron chi connectivity index (χ0n) is 12.7. The topological polar surface area (TPSA) is 83.1 Å². The lowest BCUT2D eigenvalue weighted by Crippen LogP contribution is -2.21. The fraction of sp³-hybridized carbons (Fsp3) is 0.267.